The van der Waals surface area contributed by atoms with E-state index in [4.69, 9.17) is 4.98 Å². The maximum absolute atomic E-state index is 4.89. The summed E-state index contributed by atoms with van der Waals surface area (Å²) in [6.07, 6.45) is 6.25. The summed E-state index contributed by atoms with van der Waals surface area (Å²) in [6, 6.07) is 11.1. The van der Waals surface area contributed by atoms with Crippen LogP contribution in [0.15, 0.2) is 42.7 Å². The fraction of sp³-hybridized carbons (Fsp3) is 0.368. The molecule has 4 nitrogen and oxygen atoms in total. The van der Waals surface area contributed by atoms with Crippen LogP contribution in [0, 0.1) is 6.92 Å². The number of hydrogen-bond donors (Lipinski definition) is 1. The van der Waals surface area contributed by atoms with E-state index in [1.807, 2.05) is 13.2 Å². The highest BCUT2D eigenvalue weighted by atomic mass is 15.0. The molecule has 0 spiro atoms. The summed E-state index contributed by atoms with van der Waals surface area (Å²) < 4.78 is 2.10. The van der Waals surface area contributed by atoms with Gasteiger partial charge in [-0.25, -0.2) is 9.97 Å². The summed E-state index contributed by atoms with van der Waals surface area (Å²) in [5.74, 6) is 1.42. The van der Waals surface area contributed by atoms with Gasteiger partial charge in [0.25, 0.3) is 0 Å². The molecule has 1 aliphatic rings. The van der Waals surface area contributed by atoms with E-state index in [9.17, 15) is 0 Å². The number of aromatic nitrogens is 3. The Kier molecular flexibility index (Phi) is 3.62. The van der Waals surface area contributed by atoms with Crippen LogP contribution in [0.1, 0.15) is 41.8 Å². The van der Waals surface area contributed by atoms with E-state index < -0.39 is 0 Å². The first kappa shape index (κ1) is 14.4. The van der Waals surface area contributed by atoms with Crippen molar-refractivity contribution in [2.45, 2.75) is 31.7 Å². The number of hydrogen-bond acceptors (Lipinski definition) is 3. The van der Waals surface area contributed by atoms with Gasteiger partial charge in [0.05, 0.1) is 17.2 Å². The first-order valence-corrected chi connectivity index (χ1v) is 8.29. The summed E-state index contributed by atoms with van der Waals surface area (Å²) in [7, 11) is 2.05. The van der Waals surface area contributed by atoms with Crippen LogP contribution in [0.3, 0.4) is 0 Å². The first-order chi connectivity index (χ1) is 11.2. The number of nitrogens with zero attached hydrogens (tertiary/aromatic N) is 3. The lowest BCUT2D eigenvalue weighted by atomic mass is 9.88. The molecule has 118 valence electrons. The van der Waals surface area contributed by atoms with Crippen molar-refractivity contribution < 1.29 is 0 Å². The van der Waals surface area contributed by atoms with Gasteiger partial charge in [0.1, 0.15) is 5.82 Å². The third-order valence-corrected chi connectivity index (χ3v) is 4.90. The van der Waals surface area contributed by atoms with Crippen LogP contribution < -0.4 is 5.32 Å². The Morgan fingerprint density at radius 2 is 2.04 bits per heavy atom. The van der Waals surface area contributed by atoms with Crippen molar-refractivity contribution in [2.75, 3.05) is 6.54 Å². The van der Waals surface area contributed by atoms with Gasteiger partial charge in [-0.05, 0) is 37.4 Å². The van der Waals surface area contributed by atoms with Gasteiger partial charge in [-0.2, -0.15) is 0 Å². The smallest absolute Gasteiger partial charge is 0.132 e. The Labute approximate surface area is 136 Å². The van der Waals surface area contributed by atoms with Crippen molar-refractivity contribution in [3.8, 4) is 0 Å². The molecule has 2 atom stereocenters. The minimum Gasteiger partial charge on any atom is -0.348 e. The van der Waals surface area contributed by atoms with Crippen LogP contribution in [-0.2, 0) is 7.05 Å². The summed E-state index contributed by atoms with van der Waals surface area (Å²) >= 11 is 0. The monoisotopic (exact) mass is 306 g/mol. The average molecular weight is 306 g/mol. The van der Waals surface area contributed by atoms with Gasteiger partial charge in [-0.3, -0.25) is 0 Å². The molecule has 4 heteroatoms. The van der Waals surface area contributed by atoms with Crippen LogP contribution >= 0.6 is 0 Å². The number of fused-ring (bicyclic) bond motifs is 1. The zero-order valence-corrected chi connectivity index (χ0v) is 13.7. The zero-order chi connectivity index (χ0) is 15.8. The van der Waals surface area contributed by atoms with E-state index in [1.165, 1.54) is 11.1 Å². The average Bonchev–Trinajstić information content (AvgIpc) is 2.90. The quantitative estimate of drug-likeness (QED) is 0.788. The molecule has 23 heavy (non-hydrogen) atoms. The van der Waals surface area contributed by atoms with Crippen LogP contribution in [0.2, 0.25) is 0 Å². The molecule has 3 aromatic rings. The van der Waals surface area contributed by atoms with Gasteiger partial charge < -0.3 is 9.88 Å². The maximum atomic E-state index is 4.89. The predicted octanol–water partition coefficient (Wildman–Crippen LogP) is 3.49. The highest BCUT2D eigenvalue weighted by Crippen LogP contribution is 2.33. The molecule has 0 aliphatic carbocycles. The Morgan fingerprint density at radius 1 is 1.22 bits per heavy atom. The molecule has 3 heterocycles. The molecule has 0 saturated carbocycles. The number of nitrogens with one attached hydrogen (secondary N) is 1. The van der Waals surface area contributed by atoms with Crippen LogP contribution in [0.25, 0.3) is 11.0 Å². The van der Waals surface area contributed by atoms with Crippen LogP contribution in [0.4, 0.5) is 0 Å². The second-order valence-electron chi connectivity index (χ2n) is 6.52. The van der Waals surface area contributed by atoms with Gasteiger partial charge in [-0.15, -0.1) is 0 Å². The standard InChI is InChI=1S/C19H22N4/c1-13-12-23(2)17-11-21-19(22-18(13)17)15-8-9-20-16(10-15)14-6-4-3-5-7-14/h3-7,11-12,15-16,20H,8-10H2,1-2H3. The van der Waals surface area contributed by atoms with Crippen molar-refractivity contribution in [1.29, 1.82) is 0 Å². The summed E-state index contributed by atoms with van der Waals surface area (Å²) in [6.45, 7) is 3.13. The van der Waals surface area contributed by atoms with Gasteiger partial charge >= 0.3 is 0 Å². The van der Waals surface area contributed by atoms with Crippen molar-refractivity contribution in [3.63, 3.8) is 0 Å². The Balaban J connectivity index is 1.63. The molecule has 0 radical (unpaired) electrons. The van der Waals surface area contributed by atoms with Gasteiger partial charge in [0, 0.05) is 25.2 Å². The lowest BCUT2D eigenvalue weighted by molar-refractivity contribution is 0.360. The van der Waals surface area contributed by atoms with E-state index >= 15 is 0 Å². The van der Waals surface area contributed by atoms with Crippen molar-refractivity contribution in [2.24, 2.45) is 7.05 Å². The maximum Gasteiger partial charge on any atom is 0.132 e. The van der Waals surface area contributed by atoms with Crippen molar-refractivity contribution >= 4 is 11.0 Å². The minimum atomic E-state index is 0.395. The fourth-order valence-corrected chi connectivity index (χ4v) is 3.65. The highest BCUT2D eigenvalue weighted by molar-refractivity contribution is 5.78. The van der Waals surface area contributed by atoms with Crippen molar-refractivity contribution in [1.82, 2.24) is 19.9 Å². The molecular formula is C19H22N4. The van der Waals surface area contributed by atoms with E-state index in [0.29, 0.717) is 12.0 Å². The predicted molar refractivity (Wildman–Crippen MR) is 92.4 cm³/mol. The molecule has 1 N–H and O–H groups in total. The fourth-order valence-electron chi connectivity index (χ4n) is 3.65. The molecule has 4 rings (SSSR count). The summed E-state index contributed by atoms with van der Waals surface area (Å²) in [5, 5.41) is 3.63. The molecular weight excluding hydrogens is 284 g/mol. The molecule has 1 saturated heterocycles. The Morgan fingerprint density at radius 3 is 2.87 bits per heavy atom. The number of aryl methyl sites for hydroxylation is 2. The highest BCUT2D eigenvalue weighted by Gasteiger charge is 2.26. The molecule has 1 fully saturated rings. The summed E-state index contributed by atoms with van der Waals surface area (Å²) in [5.41, 5.74) is 4.78. The molecule has 1 aromatic carbocycles. The van der Waals surface area contributed by atoms with E-state index in [-0.39, 0.29) is 0 Å². The first-order valence-electron chi connectivity index (χ1n) is 8.29. The number of rotatable bonds is 2. The molecule has 2 unspecified atom stereocenters. The zero-order valence-electron chi connectivity index (χ0n) is 13.7. The van der Waals surface area contributed by atoms with Gasteiger partial charge in [0.15, 0.2) is 0 Å². The Hall–Kier alpha value is -2.20. The second kappa shape index (κ2) is 5.78. The molecule has 1 aliphatic heterocycles. The lowest BCUT2D eigenvalue weighted by Gasteiger charge is -2.30. The molecule has 0 amide bonds. The number of benzene rings is 1. The minimum absolute atomic E-state index is 0.395. The summed E-state index contributed by atoms with van der Waals surface area (Å²) in [4.78, 5) is 9.56. The van der Waals surface area contributed by atoms with E-state index in [2.05, 4.69) is 58.3 Å². The normalized spacial score (nSPS) is 21.7. The van der Waals surface area contributed by atoms with Gasteiger partial charge in [-0.1, -0.05) is 30.3 Å². The van der Waals surface area contributed by atoms with Crippen LogP contribution in [-0.4, -0.2) is 21.1 Å². The third-order valence-electron chi connectivity index (χ3n) is 4.90. The number of piperidine rings is 1. The topological polar surface area (TPSA) is 42.7 Å². The second-order valence-corrected chi connectivity index (χ2v) is 6.52. The SMILES string of the molecule is Cc1cn(C)c2cnc(C3CCNC(c4ccccc4)C3)nc12. The lowest BCUT2D eigenvalue weighted by Crippen LogP contribution is -2.31. The largest absolute Gasteiger partial charge is 0.348 e. The van der Waals surface area contributed by atoms with Gasteiger partial charge in [0.2, 0.25) is 0 Å². The van der Waals surface area contributed by atoms with Crippen molar-refractivity contribution in [3.05, 3.63) is 59.7 Å². The Bertz CT molecular complexity index is 822. The van der Waals surface area contributed by atoms with E-state index in [0.717, 1.165) is 36.2 Å². The van der Waals surface area contributed by atoms with Crippen LogP contribution in [0.5, 0.6) is 0 Å². The van der Waals surface area contributed by atoms with E-state index in [1.54, 1.807) is 0 Å². The molecule has 2 aromatic heterocycles. The molecule has 0 bridgehead atoms. The third kappa shape index (κ3) is 2.63.